The summed E-state index contributed by atoms with van der Waals surface area (Å²) in [6, 6.07) is 14.6. The van der Waals surface area contributed by atoms with Crippen LogP contribution in [-0.4, -0.2) is 40.4 Å². The van der Waals surface area contributed by atoms with E-state index in [1.165, 1.54) is 4.90 Å². The molecule has 0 saturated carbocycles. The van der Waals surface area contributed by atoms with Crippen LogP contribution < -0.4 is 5.32 Å². The van der Waals surface area contributed by atoms with Gasteiger partial charge in [-0.15, -0.1) is 0 Å². The number of nitrogens with zero attached hydrogens (tertiary/aromatic N) is 3. The molecular formula is C20H22N4O2. The quantitative estimate of drug-likeness (QED) is 0.769. The number of hydrogen-bond acceptors (Lipinski definition) is 3. The Labute approximate surface area is 152 Å². The van der Waals surface area contributed by atoms with E-state index in [2.05, 4.69) is 10.3 Å². The standard InChI is InChI=1S/C20H22N4O2/c1-14(24-13-22-17-6-4-5-7-18(17)24)19(25)21-12-15-8-10-16(11-9-15)20(26)23(2)3/h4-11,13-14H,12H2,1-3H3,(H,21,25). The monoisotopic (exact) mass is 350 g/mol. The molecule has 2 aromatic carbocycles. The molecule has 1 unspecified atom stereocenters. The van der Waals surface area contributed by atoms with E-state index in [0.29, 0.717) is 12.1 Å². The van der Waals surface area contributed by atoms with Crippen LogP contribution in [0.3, 0.4) is 0 Å². The van der Waals surface area contributed by atoms with Crippen molar-refractivity contribution in [2.45, 2.75) is 19.5 Å². The van der Waals surface area contributed by atoms with Crippen molar-refractivity contribution >= 4 is 22.8 Å². The summed E-state index contributed by atoms with van der Waals surface area (Å²) in [7, 11) is 3.44. The van der Waals surface area contributed by atoms with Crippen LogP contribution in [0, 0.1) is 0 Å². The van der Waals surface area contributed by atoms with E-state index < -0.39 is 0 Å². The number of hydrogen-bond donors (Lipinski definition) is 1. The normalized spacial score (nSPS) is 12.0. The molecule has 1 heterocycles. The van der Waals surface area contributed by atoms with Gasteiger partial charge in [0.15, 0.2) is 0 Å². The Bertz CT molecular complexity index is 928. The van der Waals surface area contributed by atoms with Gasteiger partial charge >= 0.3 is 0 Å². The molecule has 0 radical (unpaired) electrons. The fraction of sp³-hybridized carbons (Fsp3) is 0.250. The number of aromatic nitrogens is 2. The minimum absolute atomic E-state index is 0.0406. The van der Waals surface area contributed by atoms with E-state index in [4.69, 9.17) is 0 Å². The first kappa shape index (κ1) is 17.7. The van der Waals surface area contributed by atoms with Gasteiger partial charge in [-0.25, -0.2) is 4.98 Å². The fourth-order valence-corrected chi connectivity index (χ4v) is 2.77. The summed E-state index contributed by atoms with van der Waals surface area (Å²) in [4.78, 5) is 30.3. The first-order valence-electron chi connectivity index (χ1n) is 8.47. The molecule has 6 nitrogen and oxygen atoms in total. The molecular weight excluding hydrogens is 328 g/mol. The maximum absolute atomic E-state index is 12.5. The Hall–Kier alpha value is -3.15. The highest BCUT2D eigenvalue weighted by Crippen LogP contribution is 2.17. The zero-order chi connectivity index (χ0) is 18.7. The highest BCUT2D eigenvalue weighted by atomic mass is 16.2. The number of carbonyl (C=O) groups is 2. The van der Waals surface area contributed by atoms with Crippen LogP contribution >= 0.6 is 0 Å². The molecule has 0 saturated heterocycles. The maximum Gasteiger partial charge on any atom is 0.253 e. The topological polar surface area (TPSA) is 67.2 Å². The first-order valence-corrected chi connectivity index (χ1v) is 8.47. The highest BCUT2D eigenvalue weighted by Gasteiger charge is 2.16. The van der Waals surface area contributed by atoms with E-state index in [1.54, 1.807) is 32.6 Å². The summed E-state index contributed by atoms with van der Waals surface area (Å²) in [5.74, 6) is -0.122. The van der Waals surface area contributed by atoms with Gasteiger partial charge in [0.2, 0.25) is 5.91 Å². The second-order valence-electron chi connectivity index (χ2n) is 6.43. The summed E-state index contributed by atoms with van der Waals surface area (Å²) in [5, 5.41) is 2.94. The predicted molar refractivity (Wildman–Crippen MR) is 101 cm³/mol. The summed E-state index contributed by atoms with van der Waals surface area (Å²) >= 11 is 0. The molecule has 26 heavy (non-hydrogen) atoms. The maximum atomic E-state index is 12.5. The lowest BCUT2D eigenvalue weighted by Crippen LogP contribution is -2.30. The number of imidazole rings is 1. The lowest BCUT2D eigenvalue weighted by molar-refractivity contribution is -0.123. The van der Waals surface area contributed by atoms with Gasteiger partial charge in [-0.05, 0) is 36.8 Å². The van der Waals surface area contributed by atoms with Gasteiger partial charge in [0, 0.05) is 26.2 Å². The van der Waals surface area contributed by atoms with Crippen LogP contribution in [-0.2, 0) is 11.3 Å². The summed E-state index contributed by atoms with van der Waals surface area (Å²) in [6.07, 6.45) is 1.69. The molecule has 3 rings (SSSR count). The Kier molecular flexibility index (Phi) is 5.02. The molecule has 0 spiro atoms. The van der Waals surface area contributed by atoms with Crippen LogP contribution in [0.4, 0.5) is 0 Å². The number of rotatable bonds is 5. The smallest absolute Gasteiger partial charge is 0.253 e. The zero-order valence-corrected chi connectivity index (χ0v) is 15.1. The van der Waals surface area contributed by atoms with Crippen molar-refractivity contribution < 1.29 is 9.59 Å². The van der Waals surface area contributed by atoms with Crippen LogP contribution in [0.2, 0.25) is 0 Å². The minimum Gasteiger partial charge on any atom is -0.350 e. The van der Waals surface area contributed by atoms with Crippen molar-refractivity contribution in [2.24, 2.45) is 0 Å². The third-order valence-corrected chi connectivity index (χ3v) is 4.35. The van der Waals surface area contributed by atoms with E-state index >= 15 is 0 Å². The van der Waals surface area contributed by atoms with Crippen molar-refractivity contribution in [1.82, 2.24) is 19.8 Å². The van der Waals surface area contributed by atoms with E-state index in [9.17, 15) is 9.59 Å². The third kappa shape index (κ3) is 3.59. The van der Waals surface area contributed by atoms with Crippen molar-refractivity contribution in [3.8, 4) is 0 Å². The van der Waals surface area contributed by atoms with Crippen LogP contribution in [0.5, 0.6) is 0 Å². The molecule has 6 heteroatoms. The van der Waals surface area contributed by atoms with Crippen molar-refractivity contribution in [1.29, 1.82) is 0 Å². The first-order chi connectivity index (χ1) is 12.5. The Morgan fingerprint density at radius 3 is 2.50 bits per heavy atom. The highest BCUT2D eigenvalue weighted by molar-refractivity contribution is 5.93. The van der Waals surface area contributed by atoms with Gasteiger partial charge in [0.05, 0.1) is 17.4 Å². The van der Waals surface area contributed by atoms with E-state index in [-0.39, 0.29) is 17.9 Å². The zero-order valence-electron chi connectivity index (χ0n) is 15.1. The molecule has 0 aliphatic heterocycles. The molecule has 0 aliphatic rings. The second kappa shape index (κ2) is 7.39. The lowest BCUT2D eigenvalue weighted by Gasteiger charge is -2.15. The predicted octanol–water partition coefficient (Wildman–Crippen LogP) is 2.62. The Morgan fingerprint density at radius 1 is 1.12 bits per heavy atom. The van der Waals surface area contributed by atoms with Crippen LogP contribution in [0.25, 0.3) is 11.0 Å². The molecule has 134 valence electrons. The van der Waals surface area contributed by atoms with Crippen LogP contribution in [0.15, 0.2) is 54.9 Å². The van der Waals surface area contributed by atoms with Gasteiger partial charge in [0.1, 0.15) is 6.04 Å². The molecule has 0 fully saturated rings. The van der Waals surface area contributed by atoms with Crippen LogP contribution in [0.1, 0.15) is 28.9 Å². The summed E-state index contributed by atoms with van der Waals surface area (Å²) in [5.41, 5.74) is 3.37. The third-order valence-electron chi connectivity index (χ3n) is 4.35. The van der Waals surface area contributed by atoms with Crippen molar-refractivity contribution in [3.63, 3.8) is 0 Å². The van der Waals surface area contributed by atoms with E-state index in [1.807, 2.05) is 47.9 Å². The number of nitrogens with one attached hydrogen (secondary N) is 1. The molecule has 1 N–H and O–H groups in total. The molecule has 3 aromatic rings. The molecule has 2 amide bonds. The Balaban J connectivity index is 1.64. The molecule has 0 bridgehead atoms. The van der Waals surface area contributed by atoms with Crippen molar-refractivity contribution in [2.75, 3.05) is 14.1 Å². The average molecular weight is 350 g/mol. The lowest BCUT2D eigenvalue weighted by atomic mass is 10.1. The molecule has 1 atom stereocenters. The average Bonchev–Trinajstić information content (AvgIpc) is 3.09. The minimum atomic E-state index is -0.364. The SMILES string of the molecule is CC(C(=O)NCc1ccc(C(=O)N(C)C)cc1)n1cnc2ccccc21. The number of para-hydroxylation sites is 2. The summed E-state index contributed by atoms with van der Waals surface area (Å²) in [6.45, 7) is 2.26. The number of amides is 2. The van der Waals surface area contributed by atoms with Gasteiger partial charge < -0.3 is 14.8 Å². The van der Waals surface area contributed by atoms with Crippen molar-refractivity contribution in [3.05, 3.63) is 66.0 Å². The van der Waals surface area contributed by atoms with Gasteiger partial charge in [-0.3, -0.25) is 9.59 Å². The van der Waals surface area contributed by atoms with E-state index in [0.717, 1.165) is 16.6 Å². The molecule has 1 aromatic heterocycles. The fourth-order valence-electron chi connectivity index (χ4n) is 2.77. The van der Waals surface area contributed by atoms with Gasteiger partial charge in [0.25, 0.3) is 5.91 Å². The number of fused-ring (bicyclic) bond motifs is 1. The Morgan fingerprint density at radius 2 is 1.81 bits per heavy atom. The van der Waals surface area contributed by atoms with Gasteiger partial charge in [-0.2, -0.15) is 0 Å². The number of benzene rings is 2. The molecule has 0 aliphatic carbocycles. The largest absolute Gasteiger partial charge is 0.350 e. The summed E-state index contributed by atoms with van der Waals surface area (Å²) < 4.78 is 1.86. The second-order valence-corrected chi connectivity index (χ2v) is 6.43. The van der Waals surface area contributed by atoms with Gasteiger partial charge in [-0.1, -0.05) is 24.3 Å². The number of carbonyl (C=O) groups excluding carboxylic acids is 2.